The number of nitrogens with one attached hydrogen (secondary N) is 1. The number of carbonyl (C=O) groups is 2. The highest BCUT2D eigenvalue weighted by molar-refractivity contribution is 5.93. The standard InChI is InChI=1S/C15H18N6O3/c1-10-16-12-11(4-3-6-21(12)18-10)17-13(22)20-7-5-15(9-20)8-19(2)14(23)24-15/h3-4,6H,5,7-9H2,1-2H3,(H,17,22)/t15-/m0/s1. The minimum Gasteiger partial charge on any atom is -0.439 e. The zero-order chi connectivity index (χ0) is 16.9. The van der Waals surface area contributed by atoms with Gasteiger partial charge in [0.1, 0.15) is 5.82 Å². The van der Waals surface area contributed by atoms with Gasteiger partial charge in [0.15, 0.2) is 11.2 Å². The van der Waals surface area contributed by atoms with E-state index in [9.17, 15) is 9.59 Å². The van der Waals surface area contributed by atoms with Crippen molar-refractivity contribution in [3.05, 3.63) is 24.2 Å². The Labute approximate surface area is 138 Å². The molecule has 2 aromatic heterocycles. The fourth-order valence-electron chi connectivity index (χ4n) is 3.33. The maximum absolute atomic E-state index is 12.6. The molecule has 9 nitrogen and oxygen atoms in total. The molecule has 2 saturated heterocycles. The highest BCUT2D eigenvalue weighted by atomic mass is 16.6. The summed E-state index contributed by atoms with van der Waals surface area (Å²) in [7, 11) is 1.70. The van der Waals surface area contributed by atoms with Crippen LogP contribution in [-0.2, 0) is 4.74 Å². The number of ether oxygens (including phenoxy) is 1. The van der Waals surface area contributed by atoms with Crippen molar-refractivity contribution >= 4 is 23.5 Å². The normalized spacial score (nSPS) is 23.3. The van der Waals surface area contributed by atoms with Gasteiger partial charge in [0.05, 0.1) is 18.8 Å². The molecule has 24 heavy (non-hydrogen) atoms. The molecule has 1 atom stereocenters. The van der Waals surface area contributed by atoms with Crippen molar-refractivity contribution < 1.29 is 14.3 Å². The van der Waals surface area contributed by atoms with Crippen LogP contribution in [0.4, 0.5) is 15.3 Å². The van der Waals surface area contributed by atoms with Gasteiger partial charge >= 0.3 is 12.1 Å². The first-order valence-electron chi connectivity index (χ1n) is 7.78. The summed E-state index contributed by atoms with van der Waals surface area (Å²) in [4.78, 5) is 31.7. The summed E-state index contributed by atoms with van der Waals surface area (Å²) < 4.78 is 7.09. The molecule has 0 saturated carbocycles. The van der Waals surface area contributed by atoms with Gasteiger partial charge in [-0.3, -0.25) is 0 Å². The molecular formula is C15H18N6O3. The Bertz CT molecular complexity index is 834. The van der Waals surface area contributed by atoms with Crippen molar-refractivity contribution in [3.8, 4) is 0 Å². The van der Waals surface area contributed by atoms with Gasteiger partial charge in [-0.05, 0) is 19.1 Å². The quantitative estimate of drug-likeness (QED) is 0.845. The lowest BCUT2D eigenvalue weighted by atomic mass is 10.0. The Hall–Kier alpha value is -2.84. The highest BCUT2D eigenvalue weighted by Crippen LogP contribution is 2.32. The predicted molar refractivity (Wildman–Crippen MR) is 84.8 cm³/mol. The largest absolute Gasteiger partial charge is 0.439 e. The molecule has 3 amide bonds. The number of fused-ring (bicyclic) bond motifs is 1. The second-order valence-electron chi connectivity index (χ2n) is 6.36. The fraction of sp³-hybridized carbons (Fsp3) is 0.467. The third-order valence-electron chi connectivity index (χ3n) is 4.45. The number of pyridine rings is 1. The van der Waals surface area contributed by atoms with Gasteiger partial charge in [0.25, 0.3) is 0 Å². The van der Waals surface area contributed by atoms with Crippen LogP contribution < -0.4 is 5.32 Å². The summed E-state index contributed by atoms with van der Waals surface area (Å²) in [5.74, 6) is 0.637. The third-order valence-corrected chi connectivity index (χ3v) is 4.45. The predicted octanol–water partition coefficient (Wildman–Crippen LogP) is 1.10. The molecule has 0 bridgehead atoms. The number of anilines is 1. The van der Waals surface area contributed by atoms with Gasteiger partial charge in [-0.1, -0.05) is 0 Å². The lowest BCUT2D eigenvalue weighted by Crippen LogP contribution is -2.40. The number of aryl methyl sites for hydroxylation is 1. The zero-order valence-electron chi connectivity index (χ0n) is 13.5. The number of hydrogen-bond donors (Lipinski definition) is 1. The van der Waals surface area contributed by atoms with E-state index in [4.69, 9.17) is 4.74 Å². The second kappa shape index (κ2) is 5.08. The minimum absolute atomic E-state index is 0.230. The zero-order valence-corrected chi connectivity index (χ0v) is 13.5. The minimum atomic E-state index is -0.583. The van der Waals surface area contributed by atoms with E-state index in [1.165, 1.54) is 0 Å². The Morgan fingerprint density at radius 2 is 2.25 bits per heavy atom. The number of urea groups is 1. The molecule has 2 aromatic rings. The van der Waals surface area contributed by atoms with Crippen LogP contribution in [0.25, 0.3) is 5.65 Å². The van der Waals surface area contributed by atoms with Crippen molar-refractivity contribution in [1.82, 2.24) is 24.4 Å². The smallest absolute Gasteiger partial charge is 0.410 e. The number of hydrogen-bond acceptors (Lipinski definition) is 5. The highest BCUT2D eigenvalue weighted by Gasteiger charge is 2.49. The SMILES string of the molecule is Cc1nc2c(NC(=O)N3CC[C@]4(CN(C)C(=O)O4)C3)cccn2n1. The van der Waals surface area contributed by atoms with Crippen LogP contribution in [-0.4, -0.2) is 68.8 Å². The van der Waals surface area contributed by atoms with Crippen molar-refractivity contribution in [1.29, 1.82) is 0 Å². The van der Waals surface area contributed by atoms with E-state index in [1.54, 1.807) is 46.6 Å². The number of likely N-dealkylation sites (N-methyl/N-ethyl adjacent to an activating group) is 1. The number of carbonyl (C=O) groups excluding carboxylic acids is 2. The number of rotatable bonds is 1. The second-order valence-corrected chi connectivity index (χ2v) is 6.36. The van der Waals surface area contributed by atoms with E-state index in [-0.39, 0.29) is 12.1 Å². The molecular weight excluding hydrogens is 312 g/mol. The lowest BCUT2D eigenvalue weighted by molar-refractivity contribution is 0.0663. The summed E-state index contributed by atoms with van der Waals surface area (Å²) in [5, 5.41) is 7.11. The van der Waals surface area contributed by atoms with Crippen molar-refractivity contribution in [2.45, 2.75) is 18.9 Å². The first-order valence-corrected chi connectivity index (χ1v) is 7.78. The van der Waals surface area contributed by atoms with E-state index in [0.29, 0.717) is 43.2 Å². The molecule has 4 rings (SSSR count). The Kier molecular flexibility index (Phi) is 3.12. The van der Waals surface area contributed by atoms with E-state index >= 15 is 0 Å². The van der Waals surface area contributed by atoms with Crippen LogP contribution in [0.5, 0.6) is 0 Å². The molecule has 4 heterocycles. The lowest BCUT2D eigenvalue weighted by Gasteiger charge is -2.22. The summed E-state index contributed by atoms with van der Waals surface area (Å²) in [5.41, 5.74) is 0.620. The maximum Gasteiger partial charge on any atom is 0.410 e. The Balaban J connectivity index is 1.50. The van der Waals surface area contributed by atoms with Crippen molar-refractivity contribution in [2.24, 2.45) is 0 Å². The Morgan fingerprint density at radius 3 is 3.00 bits per heavy atom. The van der Waals surface area contributed by atoms with E-state index in [1.807, 2.05) is 0 Å². The van der Waals surface area contributed by atoms with Crippen LogP contribution in [0.15, 0.2) is 18.3 Å². The van der Waals surface area contributed by atoms with Crippen LogP contribution in [0.1, 0.15) is 12.2 Å². The number of likely N-dealkylation sites (tertiary alicyclic amines) is 1. The van der Waals surface area contributed by atoms with E-state index in [2.05, 4.69) is 15.4 Å². The van der Waals surface area contributed by atoms with Gasteiger partial charge in [-0.2, -0.15) is 5.10 Å². The average Bonchev–Trinajstić information content (AvgIpc) is 3.18. The molecule has 0 unspecified atom stereocenters. The molecule has 9 heteroatoms. The van der Waals surface area contributed by atoms with Crippen LogP contribution >= 0.6 is 0 Å². The molecule has 1 N–H and O–H groups in total. The molecule has 126 valence electrons. The molecule has 0 aliphatic carbocycles. The first-order chi connectivity index (χ1) is 11.5. The Morgan fingerprint density at radius 1 is 1.42 bits per heavy atom. The monoisotopic (exact) mass is 330 g/mol. The molecule has 0 aromatic carbocycles. The van der Waals surface area contributed by atoms with Gasteiger partial charge in [0.2, 0.25) is 0 Å². The number of aromatic nitrogens is 3. The number of amides is 3. The summed E-state index contributed by atoms with van der Waals surface area (Å²) in [6, 6.07) is 3.36. The average molecular weight is 330 g/mol. The molecule has 1 spiro atoms. The topological polar surface area (TPSA) is 92.1 Å². The van der Waals surface area contributed by atoms with Gasteiger partial charge in [0, 0.05) is 26.2 Å². The molecule has 2 aliphatic heterocycles. The van der Waals surface area contributed by atoms with Crippen LogP contribution in [0, 0.1) is 6.92 Å². The van der Waals surface area contributed by atoms with Gasteiger partial charge in [-0.15, -0.1) is 0 Å². The van der Waals surface area contributed by atoms with Gasteiger partial charge in [-0.25, -0.2) is 19.1 Å². The first kappa shape index (κ1) is 14.7. The fourth-order valence-corrected chi connectivity index (χ4v) is 3.33. The molecule has 2 aliphatic rings. The van der Waals surface area contributed by atoms with Gasteiger partial charge < -0.3 is 19.9 Å². The molecule has 2 fully saturated rings. The molecule has 0 radical (unpaired) electrons. The van der Waals surface area contributed by atoms with Crippen molar-refractivity contribution in [3.63, 3.8) is 0 Å². The van der Waals surface area contributed by atoms with E-state index < -0.39 is 5.60 Å². The third kappa shape index (κ3) is 2.32. The van der Waals surface area contributed by atoms with Crippen molar-refractivity contribution in [2.75, 3.05) is 32.0 Å². The van der Waals surface area contributed by atoms with Crippen LogP contribution in [0.3, 0.4) is 0 Å². The summed E-state index contributed by atoms with van der Waals surface area (Å²) >= 11 is 0. The number of nitrogens with zero attached hydrogens (tertiary/aromatic N) is 5. The van der Waals surface area contributed by atoms with Crippen LogP contribution in [0.2, 0.25) is 0 Å². The summed E-state index contributed by atoms with van der Waals surface area (Å²) in [6.45, 7) is 3.24. The summed E-state index contributed by atoms with van der Waals surface area (Å²) in [6.07, 6.45) is 2.09. The van der Waals surface area contributed by atoms with E-state index in [0.717, 1.165) is 0 Å². The maximum atomic E-state index is 12.6.